The van der Waals surface area contributed by atoms with Crippen molar-refractivity contribution in [2.45, 2.75) is 24.4 Å². The molecule has 2 heterocycles. The lowest BCUT2D eigenvalue weighted by molar-refractivity contribution is 0.220. The fourth-order valence-electron chi connectivity index (χ4n) is 2.24. The molecule has 0 spiro atoms. The smallest absolute Gasteiger partial charge is 0.257 e. The zero-order valence-corrected chi connectivity index (χ0v) is 11.9. The molecule has 1 aromatic heterocycles. The van der Waals surface area contributed by atoms with Crippen LogP contribution in [0.25, 0.3) is 0 Å². The largest absolute Gasteiger partial charge is 0.326 e. The van der Waals surface area contributed by atoms with Crippen LogP contribution in [0.2, 0.25) is 0 Å². The maximum absolute atomic E-state index is 12.1. The van der Waals surface area contributed by atoms with Crippen LogP contribution in [0, 0.1) is 5.92 Å². The van der Waals surface area contributed by atoms with Gasteiger partial charge in [0.1, 0.15) is 0 Å². The summed E-state index contributed by atoms with van der Waals surface area (Å²) >= 11 is 0. The molecule has 2 rings (SSSR count). The van der Waals surface area contributed by atoms with Crippen molar-refractivity contribution in [2.75, 3.05) is 26.7 Å². The first kappa shape index (κ1) is 14.4. The van der Waals surface area contributed by atoms with E-state index < -0.39 is 10.0 Å². The molecule has 1 fully saturated rings. The Labute approximate surface area is 113 Å². The summed E-state index contributed by atoms with van der Waals surface area (Å²) in [5.74, 6) is 0.398. The Morgan fingerprint density at radius 3 is 2.84 bits per heavy atom. The highest BCUT2D eigenvalue weighted by molar-refractivity contribution is 7.89. The molecule has 4 N–H and O–H groups in total. The molecule has 0 unspecified atom stereocenters. The summed E-state index contributed by atoms with van der Waals surface area (Å²) in [5.41, 5.74) is 6.00. The second-order valence-electron chi connectivity index (χ2n) is 5.03. The Morgan fingerprint density at radius 1 is 1.53 bits per heavy atom. The SMILES string of the molecule is CN1CCC(CNS(=O)(=O)c2[nH]ncc2CN)CC1. The minimum absolute atomic E-state index is 0.0860. The van der Waals surface area contributed by atoms with Crippen LogP contribution in [0.4, 0.5) is 0 Å². The van der Waals surface area contributed by atoms with Crippen molar-refractivity contribution in [3.05, 3.63) is 11.8 Å². The highest BCUT2D eigenvalue weighted by atomic mass is 32.2. The average molecular weight is 287 g/mol. The van der Waals surface area contributed by atoms with Gasteiger partial charge in [-0.15, -0.1) is 0 Å². The summed E-state index contributed by atoms with van der Waals surface area (Å²) in [4.78, 5) is 2.26. The van der Waals surface area contributed by atoms with Crippen molar-refractivity contribution in [3.63, 3.8) is 0 Å². The number of hydrogen-bond donors (Lipinski definition) is 3. The van der Waals surface area contributed by atoms with Crippen molar-refractivity contribution in [1.29, 1.82) is 0 Å². The minimum Gasteiger partial charge on any atom is -0.326 e. The number of rotatable bonds is 5. The van der Waals surface area contributed by atoms with Gasteiger partial charge in [-0.05, 0) is 38.9 Å². The Bertz CT molecular complexity index is 505. The standard InChI is InChI=1S/C11H21N5O2S/c1-16-4-2-9(3-5-16)7-14-19(17,18)11-10(6-12)8-13-15-11/h8-9,14H,2-7,12H2,1H3,(H,13,15). The summed E-state index contributed by atoms with van der Waals surface area (Å²) in [7, 11) is -1.45. The van der Waals surface area contributed by atoms with Crippen LogP contribution in [0.3, 0.4) is 0 Å². The van der Waals surface area contributed by atoms with Crippen molar-refractivity contribution in [1.82, 2.24) is 19.8 Å². The van der Waals surface area contributed by atoms with E-state index in [1.54, 1.807) is 0 Å². The number of aromatic nitrogens is 2. The predicted octanol–water partition coefficient (Wildman–Crippen LogP) is -0.511. The molecule has 0 saturated carbocycles. The summed E-state index contributed by atoms with van der Waals surface area (Å²) in [6.45, 7) is 2.66. The second kappa shape index (κ2) is 6.00. The second-order valence-corrected chi connectivity index (χ2v) is 6.73. The van der Waals surface area contributed by atoms with Crippen LogP contribution in [0.1, 0.15) is 18.4 Å². The molecule has 0 amide bonds. The van der Waals surface area contributed by atoms with Crippen LogP contribution in [-0.2, 0) is 16.6 Å². The number of sulfonamides is 1. The molecule has 1 aliphatic rings. The van der Waals surface area contributed by atoms with Gasteiger partial charge in [-0.2, -0.15) is 5.10 Å². The van der Waals surface area contributed by atoms with Crippen molar-refractivity contribution < 1.29 is 8.42 Å². The van der Waals surface area contributed by atoms with Gasteiger partial charge in [0.2, 0.25) is 0 Å². The zero-order valence-electron chi connectivity index (χ0n) is 11.1. The maximum Gasteiger partial charge on any atom is 0.257 e. The van der Waals surface area contributed by atoms with Crippen LogP contribution < -0.4 is 10.5 Å². The highest BCUT2D eigenvalue weighted by Gasteiger charge is 2.23. The number of nitrogens with two attached hydrogens (primary N) is 1. The first-order valence-corrected chi connectivity index (χ1v) is 7.91. The van der Waals surface area contributed by atoms with Crippen LogP contribution >= 0.6 is 0 Å². The van der Waals surface area contributed by atoms with E-state index in [2.05, 4.69) is 26.9 Å². The van der Waals surface area contributed by atoms with Crippen LogP contribution in [0.5, 0.6) is 0 Å². The number of piperidine rings is 1. The molecule has 0 bridgehead atoms. The van der Waals surface area contributed by atoms with Gasteiger partial charge in [0, 0.05) is 18.7 Å². The molecule has 0 aliphatic carbocycles. The van der Waals surface area contributed by atoms with E-state index in [0.29, 0.717) is 18.0 Å². The number of hydrogen-bond acceptors (Lipinski definition) is 5. The molecule has 19 heavy (non-hydrogen) atoms. The molecule has 1 aromatic rings. The fourth-order valence-corrected chi connectivity index (χ4v) is 3.50. The lowest BCUT2D eigenvalue weighted by atomic mass is 9.98. The molecule has 108 valence electrons. The summed E-state index contributed by atoms with van der Waals surface area (Å²) < 4.78 is 26.9. The number of H-pyrrole nitrogens is 1. The third-order valence-corrected chi connectivity index (χ3v) is 5.00. The van der Waals surface area contributed by atoms with E-state index >= 15 is 0 Å². The number of aromatic amines is 1. The Balaban J connectivity index is 1.95. The van der Waals surface area contributed by atoms with E-state index in [1.807, 2.05) is 0 Å². The molecule has 0 atom stereocenters. The van der Waals surface area contributed by atoms with Gasteiger partial charge in [-0.3, -0.25) is 5.10 Å². The fraction of sp³-hybridized carbons (Fsp3) is 0.727. The van der Waals surface area contributed by atoms with Crippen molar-refractivity contribution >= 4 is 10.0 Å². The molecule has 1 aliphatic heterocycles. The predicted molar refractivity (Wildman–Crippen MR) is 71.9 cm³/mol. The van der Waals surface area contributed by atoms with Crippen LogP contribution in [-0.4, -0.2) is 50.2 Å². The first-order valence-electron chi connectivity index (χ1n) is 6.43. The average Bonchev–Trinajstić information content (AvgIpc) is 2.87. The maximum atomic E-state index is 12.1. The molecule has 7 nitrogen and oxygen atoms in total. The van der Waals surface area contributed by atoms with Crippen molar-refractivity contribution in [3.8, 4) is 0 Å². The van der Waals surface area contributed by atoms with Gasteiger partial charge in [0.25, 0.3) is 10.0 Å². The third-order valence-electron chi connectivity index (χ3n) is 3.57. The summed E-state index contributed by atoms with van der Waals surface area (Å²) in [6, 6.07) is 0. The lowest BCUT2D eigenvalue weighted by Gasteiger charge is -2.28. The lowest BCUT2D eigenvalue weighted by Crippen LogP contribution is -2.37. The molecule has 0 radical (unpaired) electrons. The molecule has 1 saturated heterocycles. The minimum atomic E-state index is -3.53. The Kier molecular flexibility index (Phi) is 4.56. The molecular formula is C11H21N5O2S. The Morgan fingerprint density at radius 2 is 2.21 bits per heavy atom. The summed E-state index contributed by atoms with van der Waals surface area (Å²) in [6.07, 6.45) is 3.49. The molecular weight excluding hydrogens is 266 g/mol. The van der Waals surface area contributed by atoms with Crippen LogP contribution in [0.15, 0.2) is 11.2 Å². The van der Waals surface area contributed by atoms with Gasteiger partial charge in [-0.1, -0.05) is 0 Å². The summed E-state index contributed by atoms with van der Waals surface area (Å²) in [5, 5.41) is 6.32. The monoisotopic (exact) mass is 287 g/mol. The van der Waals surface area contributed by atoms with Gasteiger partial charge < -0.3 is 10.6 Å². The van der Waals surface area contributed by atoms with Crippen molar-refractivity contribution in [2.24, 2.45) is 11.7 Å². The number of likely N-dealkylation sites (tertiary alicyclic amines) is 1. The molecule has 0 aromatic carbocycles. The molecule has 8 heteroatoms. The number of nitrogens with zero attached hydrogens (tertiary/aromatic N) is 2. The van der Waals surface area contributed by atoms with E-state index in [1.165, 1.54) is 6.20 Å². The quantitative estimate of drug-likeness (QED) is 0.676. The highest BCUT2D eigenvalue weighted by Crippen LogP contribution is 2.16. The van der Waals surface area contributed by atoms with E-state index in [4.69, 9.17) is 5.73 Å². The van der Waals surface area contributed by atoms with E-state index in [-0.39, 0.29) is 11.6 Å². The van der Waals surface area contributed by atoms with Gasteiger partial charge in [-0.25, -0.2) is 13.1 Å². The topological polar surface area (TPSA) is 104 Å². The number of nitrogens with one attached hydrogen (secondary N) is 2. The third kappa shape index (κ3) is 3.53. The zero-order chi connectivity index (χ0) is 13.9. The van der Waals surface area contributed by atoms with E-state index in [9.17, 15) is 8.42 Å². The first-order chi connectivity index (χ1) is 9.03. The Hall–Kier alpha value is -0.960. The van der Waals surface area contributed by atoms with E-state index in [0.717, 1.165) is 25.9 Å². The van der Waals surface area contributed by atoms with Gasteiger partial charge >= 0.3 is 0 Å². The van der Waals surface area contributed by atoms with Gasteiger partial charge in [0.15, 0.2) is 5.03 Å². The normalized spacial score (nSPS) is 18.8. The van der Waals surface area contributed by atoms with Gasteiger partial charge in [0.05, 0.1) is 6.20 Å².